The van der Waals surface area contributed by atoms with Crippen LogP contribution in [0.3, 0.4) is 0 Å². The van der Waals surface area contributed by atoms with Gasteiger partial charge in [-0.25, -0.2) is 9.59 Å². The van der Waals surface area contributed by atoms with E-state index in [9.17, 15) is 9.59 Å². The Morgan fingerprint density at radius 1 is 0.909 bits per heavy atom. The fourth-order valence-electron chi connectivity index (χ4n) is 1.34. The second-order valence-electron chi connectivity index (χ2n) is 3.71. The van der Waals surface area contributed by atoms with Crippen molar-refractivity contribution in [1.29, 1.82) is 0 Å². The summed E-state index contributed by atoms with van der Waals surface area (Å²) in [6.45, 7) is 0. The first kappa shape index (κ1) is 17.6. The van der Waals surface area contributed by atoms with Gasteiger partial charge < -0.3 is 4.74 Å². The molecule has 5 nitrogen and oxygen atoms in total. The Morgan fingerprint density at radius 3 is 2.09 bits per heavy atom. The average molecular weight is 337 g/mol. The molecule has 2 aromatic rings. The third-order valence-corrected chi connectivity index (χ3v) is 3.05. The number of carbonyl (C=O) groups excluding carboxylic acids is 2. The van der Waals surface area contributed by atoms with Crippen molar-refractivity contribution < 1.29 is 14.3 Å². The highest BCUT2D eigenvalue weighted by Gasteiger charge is 1.96. The van der Waals surface area contributed by atoms with Crippen molar-refractivity contribution in [2.45, 2.75) is 0 Å². The Labute approximate surface area is 136 Å². The minimum Gasteiger partial charge on any atom is -0.497 e. The molecule has 0 N–H and O–H groups in total. The summed E-state index contributed by atoms with van der Waals surface area (Å²) in [5.41, 5.74) is 1.01. The van der Waals surface area contributed by atoms with Gasteiger partial charge in [-0.15, -0.1) is 0 Å². The molecule has 0 spiro atoms. The number of nitrogens with zero attached hydrogens (tertiary/aromatic N) is 2. The number of hydrogen-bond acceptors (Lipinski definition) is 5. The number of isocyanates is 2. The van der Waals surface area contributed by atoms with Crippen molar-refractivity contribution in [3.05, 3.63) is 52.5 Å². The van der Waals surface area contributed by atoms with Crippen molar-refractivity contribution in [3.63, 3.8) is 0 Å². The van der Waals surface area contributed by atoms with Gasteiger partial charge in [-0.3, -0.25) is 0 Å². The maximum absolute atomic E-state index is 9.84. The molecule has 0 atom stereocenters. The largest absolute Gasteiger partial charge is 0.497 e. The van der Waals surface area contributed by atoms with Crippen LogP contribution in [0.4, 0.5) is 11.4 Å². The predicted octanol–water partition coefficient (Wildman–Crippen LogP) is 4.62. The number of hydrogen-bond donors (Lipinski definition) is 0. The van der Waals surface area contributed by atoms with Gasteiger partial charge in [-0.05, 0) is 30.3 Å². The molecule has 7 heteroatoms. The monoisotopic (exact) mass is 336 g/mol. The number of benzene rings is 2. The van der Waals surface area contributed by atoms with Gasteiger partial charge in [0.05, 0.1) is 28.5 Å². The van der Waals surface area contributed by atoms with E-state index in [1.54, 1.807) is 43.5 Å². The summed E-state index contributed by atoms with van der Waals surface area (Å²) in [4.78, 5) is 26.4. The van der Waals surface area contributed by atoms with Gasteiger partial charge in [0.15, 0.2) is 0 Å². The van der Waals surface area contributed by atoms with E-state index in [4.69, 9.17) is 27.9 Å². The molecular weight excluding hydrogens is 327 g/mol. The molecule has 0 amide bonds. The van der Waals surface area contributed by atoms with Crippen LogP contribution in [0.1, 0.15) is 0 Å². The number of methoxy groups -OCH3 is 1. The van der Waals surface area contributed by atoms with E-state index < -0.39 is 0 Å². The maximum atomic E-state index is 9.84. The molecule has 0 aromatic heterocycles. The van der Waals surface area contributed by atoms with Crippen molar-refractivity contribution in [1.82, 2.24) is 0 Å². The molecule has 0 bridgehead atoms. The van der Waals surface area contributed by atoms with E-state index in [2.05, 4.69) is 9.98 Å². The lowest BCUT2D eigenvalue weighted by molar-refractivity contribution is 0.415. The summed E-state index contributed by atoms with van der Waals surface area (Å²) < 4.78 is 4.91. The van der Waals surface area contributed by atoms with Gasteiger partial charge in [-0.2, -0.15) is 9.98 Å². The average Bonchev–Trinajstić information content (AvgIpc) is 2.52. The van der Waals surface area contributed by atoms with Gasteiger partial charge >= 0.3 is 0 Å². The molecule has 22 heavy (non-hydrogen) atoms. The molecule has 2 rings (SSSR count). The minimum absolute atomic E-state index is 0.378. The van der Waals surface area contributed by atoms with Gasteiger partial charge in [-0.1, -0.05) is 29.3 Å². The Balaban J connectivity index is 0.000000220. The zero-order chi connectivity index (χ0) is 16.4. The standard InChI is InChI=1S/C8H7NO2.C7H3Cl2NO/c1-11-8-4-2-3-7(5-8)9-6-10;8-6-2-1-5(10-4-11)3-7(6)9/h2-5H,1H3;1-3H. The summed E-state index contributed by atoms with van der Waals surface area (Å²) in [6.07, 6.45) is 2.86. The van der Waals surface area contributed by atoms with Crippen molar-refractivity contribution >= 4 is 46.7 Å². The van der Waals surface area contributed by atoms with Crippen LogP contribution in [0, 0.1) is 0 Å². The van der Waals surface area contributed by atoms with Crippen molar-refractivity contribution in [2.24, 2.45) is 9.98 Å². The summed E-state index contributed by atoms with van der Waals surface area (Å²) in [5, 5.41) is 0.819. The van der Waals surface area contributed by atoms with Crippen LogP contribution in [0.15, 0.2) is 52.4 Å². The number of halogens is 2. The fraction of sp³-hybridized carbons (Fsp3) is 0.0667. The SMILES string of the molecule is COc1cccc(N=C=O)c1.O=C=Nc1ccc(Cl)c(Cl)c1. The zero-order valence-electron chi connectivity index (χ0n) is 11.4. The van der Waals surface area contributed by atoms with E-state index in [1.807, 2.05) is 0 Å². The third kappa shape index (κ3) is 5.92. The number of rotatable bonds is 3. The van der Waals surface area contributed by atoms with E-state index in [1.165, 1.54) is 18.2 Å². The summed E-state index contributed by atoms with van der Waals surface area (Å²) in [6, 6.07) is 11.5. The van der Waals surface area contributed by atoms with Gasteiger partial charge in [0.2, 0.25) is 12.2 Å². The zero-order valence-corrected chi connectivity index (χ0v) is 12.9. The molecular formula is C15H10Cl2N2O3. The topological polar surface area (TPSA) is 68.1 Å². The van der Waals surface area contributed by atoms with Crippen LogP contribution in [0.5, 0.6) is 5.75 Å². The second kappa shape index (κ2) is 9.50. The molecule has 0 aliphatic heterocycles. The van der Waals surface area contributed by atoms with Gasteiger partial charge in [0, 0.05) is 6.07 Å². The molecule has 0 saturated carbocycles. The fourth-order valence-corrected chi connectivity index (χ4v) is 1.63. The van der Waals surface area contributed by atoms with Crippen LogP contribution in [0.25, 0.3) is 0 Å². The summed E-state index contributed by atoms with van der Waals surface area (Å²) in [7, 11) is 1.56. The maximum Gasteiger partial charge on any atom is 0.240 e. The van der Waals surface area contributed by atoms with E-state index in [0.717, 1.165) is 0 Å². The quantitative estimate of drug-likeness (QED) is 0.606. The van der Waals surface area contributed by atoms with E-state index in [0.29, 0.717) is 27.2 Å². The van der Waals surface area contributed by atoms with Crippen LogP contribution in [-0.4, -0.2) is 19.3 Å². The number of ether oxygens (including phenoxy) is 1. The molecule has 0 unspecified atom stereocenters. The van der Waals surface area contributed by atoms with Gasteiger partial charge in [0.25, 0.3) is 0 Å². The number of aliphatic imine (C=N–C) groups is 2. The minimum atomic E-state index is 0.378. The van der Waals surface area contributed by atoms with Crippen LogP contribution >= 0.6 is 23.2 Å². The van der Waals surface area contributed by atoms with Crippen molar-refractivity contribution in [2.75, 3.05) is 7.11 Å². The van der Waals surface area contributed by atoms with E-state index >= 15 is 0 Å². The Kier molecular flexibility index (Phi) is 7.62. The summed E-state index contributed by atoms with van der Waals surface area (Å²) in [5.74, 6) is 0.682. The Morgan fingerprint density at radius 2 is 1.55 bits per heavy atom. The smallest absolute Gasteiger partial charge is 0.240 e. The van der Waals surface area contributed by atoms with E-state index in [-0.39, 0.29) is 0 Å². The molecule has 0 radical (unpaired) electrons. The molecule has 0 saturated heterocycles. The molecule has 2 aromatic carbocycles. The highest BCUT2D eigenvalue weighted by molar-refractivity contribution is 6.42. The van der Waals surface area contributed by atoms with Gasteiger partial charge in [0.1, 0.15) is 5.75 Å². The van der Waals surface area contributed by atoms with Crippen LogP contribution in [0.2, 0.25) is 10.0 Å². The highest BCUT2D eigenvalue weighted by atomic mass is 35.5. The highest BCUT2D eigenvalue weighted by Crippen LogP contribution is 2.26. The lowest BCUT2D eigenvalue weighted by Gasteiger charge is -1.97. The molecule has 0 heterocycles. The van der Waals surface area contributed by atoms with Crippen LogP contribution in [-0.2, 0) is 9.59 Å². The molecule has 0 fully saturated rings. The Hall–Kier alpha value is -2.42. The van der Waals surface area contributed by atoms with Crippen LogP contribution < -0.4 is 4.74 Å². The lowest BCUT2D eigenvalue weighted by Crippen LogP contribution is -1.79. The first-order valence-corrected chi connectivity index (χ1v) is 6.61. The Bertz CT molecular complexity index is 737. The summed E-state index contributed by atoms with van der Waals surface area (Å²) >= 11 is 11.2. The normalized spacial score (nSPS) is 8.68. The first-order valence-electron chi connectivity index (χ1n) is 5.85. The molecule has 0 aliphatic carbocycles. The first-order chi connectivity index (χ1) is 10.6. The molecule has 112 valence electrons. The third-order valence-electron chi connectivity index (χ3n) is 2.31. The molecule has 0 aliphatic rings. The second-order valence-corrected chi connectivity index (χ2v) is 4.52. The van der Waals surface area contributed by atoms with Crippen molar-refractivity contribution in [3.8, 4) is 5.75 Å². The lowest BCUT2D eigenvalue weighted by atomic mass is 10.3. The predicted molar refractivity (Wildman–Crippen MR) is 85.0 cm³/mol.